The van der Waals surface area contributed by atoms with Crippen LogP contribution in [-0.4, -0.2) is 34.6 Å². The molecule has 7 heteroatoms. The molecule has 2 aliphatic heterocycles. The third-order valence-electron chi connectivity index (χ3n) is 4.26. The van der Waals surface area contributed by atoms with Crippen molar-refractivity contribution in [3.05, 3.63) is 34.9 Å². The Labute approximate surface area is 150 Å². The van der Waals surface area contributed by atoms with Crippen LogP contribution in [0.2, 0.25) is 0 Å². The number of benzene rings is 1. The molecule has 130 valence electrons. The van der Waals surface area contributed by atoms with Gasteiger partial charge in [0.25, 0.3) is 11.8 Å². The van der Waals surface area contributed by atoms with E-state index >= 15 is 0 Å². The van der Waals surface area contributed by atoms with E-state index in [1.807, 2.05) is 6.07 Å². The molecule has 1 unspecified atom stereocenters. The number of hydrogen-bond acceptors (Lipinski definition) is 5. The topological polar surface area (TPSA) is 107 Å². The maximum Gasteiger partial charge on any atom is 0.262 e. The van der Waals surface area contributed by atoms with Crippen LogP contribution in [0.5, 0.6) is 0 Å². The molecule has 0 aliphatic carbocycles. The van der Waals surface area contributed by atoms with Gasteiger partial charge in [-0.3, -0.25) is 29.4 Å². The van der Waals surface area contributed by atoms with Crippen LogP contribution in [0.4, 0.5) is 0 Å². The number of amides is 4. The zero-order valence-electron chi connectivity index (χ0n) is 13.9. The Hall–Kier alpha value is -3.45. The highest BCUT2D eigenvalue weighted by Crippen LogP contribution is 2.28. The molecule has 0 aromatic heterocycles. The fourth-order valence-corrected chi connectivity index (χ4v) is 2.97. The van der Waals surface area contributed by atoms with Crippen molar-refractivity contribution in [1.29, 1.82) is 5.26 Å². The van der Waals surface area contributed by atoms with E-state index in [0.717, 1.165) is 4.90 Å². The largest absolute Gasteiger partial charge is 0.295 e. The van der Waals surface area contributed by atoms with Gasteiger partial charge in [-0.05, 0) is 31.0 Å². The monoisotopic (exact) mass is 349 g/mol. The van der Waals surface area contributed by atoms with Crippen LogP contribution in [0.1, 0.15) is 58.4 Å². The molecule has 1 N–H and O–H groups in total. The first-order chi connectivity index (χ1) is 12.5. The van der Waals surface area contributed by atoms with E-state index in [1.165, 1.54) is 6.07 Å². The molecule has 26 heavy (non-hydrogen) atoms. The summed E-state index contributed by atoms with van der Waals surface area (Å²) >= 11 is 0. The van der Waals surface area contributed by atoms with E-state index in [1.54, 1.807) is 12.1 Å². The summed E-state index contributed by atoms with van der Waals surface area (Å²) in [4.78, 5) is 49.4. The molecule has 0 saturated carbocycles. The van der Waals surface area contributed by atoms with Crippen molar-refractivity contribution in [2.75, 3.05) is 0 Å². The number of fused-ring (bicyclic) bond motifs is 1. The van der Waals surface area contributed by atoms with Gasteiger partial charge in [0.15, 0.2) is 0 Å². The van der Waals surface area contributed by atoms with Crippen LogP contribution >= 0.6 is 0 Å². The number of unbranched alkanes of at least 4 members (excludes halogenated alkanes) is 2. The fraction of sp³-hybridized carbons (Fsp3) is 0.316. The van der Waals surface area contributed by atoms with E-state index < -0.39 is 29.7 Å². The van der Waals surface area contributed by atoms with Crippen molar-refractivity contribution >= 4 is 23.6 Å². The van der Waals surface area contributed by atoms with E-state index in [4.69, 9.17) is 5.26 Å². The smallest absolute Gasteiger partial charge is 0.262 e. The van der Waals surface area contributed by atoms with Gasteiger partial charge in [0.2, 0.25) is 11.8 Å². The first kappa shape index (κ1) is 17.4. The molecule has 3 rings (SSSR count). The van der Waals surface area contributed by atoms with Crippen molar-refractivity contribution in [3.8, 4) is 17.9 Å². The zero-order valence-corrected chi connectivity index (χ0v) is 13.9. The predicted molar refractivity (Wildman–Crippen MR) is 89.5 cm³/mol. The van der Waals surface area contributed by atoms with Crippen molar-refractivity contribution in [2.45, 2.75) is 38.1 Å². The Bertz CT molecular complexity index is 917. The molecule has 0 spiro atoms. The molecule has 1 aromatic carbocycles. The summed E-state index contributed by atoms with van der Waals surface area (Å²) in [7, 11) is 0. The fourth-order valence-electron chi connectivity index (χ4n) is 2.97. The van der Waals surface area contributed by atoms with Crippen LogP contribution in [0.25, 0.3) is 0 Å². The van der Waals surface area contributed by atoms with Gasteiger partial charge in [0, 0.05) is 24.8 Å². The molecule has 2 aliphatic rings. The van der Waals surface area contributed by atoms with E-state index in [-0.39, 0.29) is 24.0 Å². The van der Waals surface area contributed by atoms with Crippen LogP contribution < -0.4 is 5.32 Å². The normalized spacial score (nSPS) is 18.7. The summed E-state index contributed by atoms with van der Waals surface area (Å²) < 4.78 is 0. The lowest BCUT2D eigenvalue weighted by Crippen LogP contribution is -2.54. The number of imide groups is 2. The van der Waals surface area contributed by atoms with E-state index in [2.05, 4.69) is 17.2 Å². The number of hydrogen-bond donors (Lipinski definition) is 1. The Morgan fingerprint density at radius 2 is 1.88 bits per heavy atom. The molecule has 1 atom stereocenters. The predicted octanol–water partition coefficient (Wildman–Crippen LogP) is 1.13. The second-order valence-electron chi connectivity index (χ2n) is 6.02. The molecule has 0 radical (unpaired) electrons. The highest BCUT2D eigenvalue weighted by atomic mass is 16.2. The number of nitrogens with zero attached hydrogens (tertiary/aromatic N) is 2. The minimum atomic E-state index is -0.972. The Kier molecular flexibility index (Phi) is 4.81. The van der Waals surface area contributed by atoms with Crippen molar-refractivity contribution in [1.82, 2.24) is 10.2 Å². The molecule has 1 aromatic rings. The van der Waals surface area contributed by atoms with Crippen molar-refractivity contribution in [3.63, 3.8) is 0 Å². The lowest BCUT2D eigenvalue weighted by Gasteiger charge is -2.27. The third kappa shape index (κ3) is 3.20. The van der Waals surface area contributed by atoms with Crippen LogP contribution in [-0.2, 0) is 9.59 Å². The van der Waals surface area contributed by atoms with Gasteiger partial charge in [0.1, 0.15) is 6.04 Å². The van der Waals surface area contributed by atoms with Crippen LogP contribution in [0, 0.1) is 23.2 Å². The molecule has 2 heterocycles. The Balaban J connectivity index is 1.81. The molecular weight excluding hydrogens is 334 g/mol. The molecule has 1 fully saturated rings. The molecular formula is C19H15N3O4. The van der Waals surface area contributed by atoms with Gasteiger partial charge in [-0.15, -0.1) is 0 Å². The SMILES string of the molecule is N#CCCCC#Cc1ccc2c(c1)C(=O)N(C1CCC(=O)NC1=O)C2=O. The highest BCUT2D eigenvalue weighted by molar-refractivity contribution is 6.23. The van der Waals surface area contributed by atoms with Crippen LogP contribution in [0.3, 0.4) is 0 Å². The van der Waals surface area contributed by atoms with E-state index in [9.17, 15) is 19.2 Å². The van der Waals surface area contributed by atoms with Gasteiger partial charge >= 0.3 is 0 Å². The number of nitriles is 1. The van der Waals surface area contributed by atoms with Crippen LogP contribution in [0.15, 0.2) is 18.2 Å². The van der Waals surface area contributed by atoms with Gasteiger partial charge in [-0.1, -0.05) is 11.8 Å². The number of carbonyl (C=O) groups excluding carboxylic acids is 4. The third-order valence-corrected chi connectivity index (χ3v) is 4.26. The average molecular weight is 349 g/mol. The van der Waals surface area contributed by atoms with Gasteiger partial charge in [-0.25, -0.2) is 0 Å². The quantitative estimate of drug-likeness (QED) is 0.500. The van der Waals surface area contributed by atoms with E-state index in [0.29, 0.717) is 24.8 Å². The summed E-state index contributed by atoms with van der Waals surface area (Å²) in [5.74, 6) is 3.72. The summed E-state index contributed by atoms with van der Waals surface area (Å²) in [5, 5.41) is 10.6. The van der Waals surface area contributed by atoms with Crippen molar-refractivity contribution in [2.24, 2.45) is 0 Å². The number of carbonyl (C=O) groups is 4. The lowest BCUT2D eigenvalue weighted by atomic mass is 10.0. The summed E-state index contributed by atoms with van der Waals surface area (Å²) in [5.41, 5.74) is 1.03. The minimum absolute atomic E-state index is 0.0865. The Morgan fingerprint density at radius 1 is 1.12 bits per heavy atom. The lowest BCUT2D eigenvalue weighted by molar-refractivity contribution is -0.136. The standard InChI is InChI=1S/C19H15N3O4/c20-10-4-2-1-3-5-12-6-7-13-14(11-12)19(26)22(18(13)25)15-8-9-16(23)21-17(15)24/h6-7,11,15H,1-2,4,8-9H2,(H,21,23,24). The first-order valence-electron chi connectivity index (χ1n) is 8.24. The number of nitrogens with one attached hydrogen (secondary N) is 1. The number of rotatable bonds is 3. The molecule has 7 nitrogen and oxygen atoms in total. The maximum absolute atomic E-state index is 12.7. The second-order valence-corrected chi connectivity index (χ2v) is 6.02. The molecule has 0 bridgehead atoms. The minimum Gasteiger partial charge on any atom is -0.295 e. The van der Waals surface area contributed by atoms with Gasteiger partial charge in [0.05, 0.1) is 17.2 Å². The van der Waals surface area contributed by atoms with Crippen molar-refractivity contribution < 1.29 is 19.2 Å². The first-order valence-corrected chi connectivity index (χ1v) is 8.24. The van der Waals surface area contributed by atoms with Gasteiger partial charge in [-0.2, -0.15) is 5.26 Å². The Morgan fingerprint density at radius 3 is 2.62 bits per heavy atom. The highest BCUT2D eigenvalue weighted by Gasteiger charge is 2.44. The average Bonchev–Trinajstić information content (AvgIpc) is 2.86. The maximum atomic E-state index is 12.7. The zero-order chi connectivity index (χ0) is 18.7. The molecule has 4 amide bonds. The second kappa shape index (κ2) is 7.20. The summed E-state index contributed by atoms with van der Waals surface area (Å²) in [6.07, 6.45) is 1.90. The molecule has 1 saturated heterocycles. The van der Waals surface area contributed by atoms with Gasteiger partial charge < -0.3 is 0 Å². The summed E-state index contributed by atoms with van der Waals surface area (Å²) in [6, 6.07) is 5.79. The number of piperidine rings is 1. The summed E-state index contributed by atoms with van der Waals surface area (Å²) in [6.45, 7) is 0.